The maximum Gasteiger partial charge on any atom is 0.209 e. The number of aromatic nitrogens is 1. The van der Waals surface area contributed by atoms with E-state index in [0.29, 0.717) is 5.69 Å². The lowest BCUT2D eigenvalue weighted by Gasteiger charge is -1.96. The molecule has 0 aliphatic heterocycles. The maximum atomic E-state index is 11.7. The standard InChI is InChI=1S/C11H11NO3S2/c13-6-7-17(14,15)11-12-10(8-16-11)9-4-2-1-3-5-9/h1-5,8,13H,6-7H2. The third-order valence-corrected chi connectivity index (χ3v) is 5.21. The average Bonchev–Trinajstić information content (AvgIpc) is 2.80. The van der Waals surface area contributed by atoms with E-state index in [1.54, 1.807) is 5.38 Å². The summed E-state index contributed by atoms with van der Waals surface area (Å²) < 4.78 is 23.4. The molecule has 1 heterocycles. The fourth-order valence-electron chi connectivity index (χ4n) is 1.35. The molecule has 0 radical (unpaired) electrons. The largest absolute Gasteiger partial charge is 0.395 e. The molecule has 0 unspecified atom stereocenters. The smallest absolute Gasteiger partial charge is 0.209 e. The van der Waals surface area contributed by atoms with Crippen LogP contribution in [0.2, 0.25) is 0 Å². The number of hydrogen-bond donors (Lipinski definition) is 1. The minimum Gasteiger partial charge on any atom is -0.395 e. The third kappa shape index (κ3) is 2.71. The Bertz CT molecular complexity index is 590. The van der Waals surface area contributed by atoms with Crippen LogP contribution in [0.15, 0.2) is 40.1 Å². The van der Waals surface area contributed by atoms with Gasteiger partial charge in [-0.3, -0.25) is 0 Å². The Morgan fingerprint density at radius 3 is 2.59 bits per heavy atom. The van der Waals surface area contributed by atoms with Crippen molar-refractivity contribution in [1.29, 1.82) is 0 Å². The van der Waals surface area contributed by atoms with Gasteiger partial charge in [0.25, 0.3) is 0 Å². The molecule has 0 saturated carbocycles. The van der Waals surface area contributed by atoms with Gasteiger partial charge in [-0.05, 0) is 0 Å². The Morgan fingerprint density at radius 1 is 1.24 bits per heavy atom. The predicted molar refractivity (Wildman–Crippen MR) is 66.7 cm³/mol. The molecular weight excluding hydrogens is 258 g/mol. The number of thiazole rings is 1. The van der Waals surface area contributed by atoms with Crippen LogP contribution in [-0.4, -0.2) is 30.9 Å². The van der Waals surface area contributed by atoms with E-state index in [-0.39, 0.29) is 16.7 Å². The molecule has 0 atom stereocenters. The lowest BCUT2D eigenvalue weighted by atomic mass is 10.2. The van der Waals surface area contributed by atoms with Crippen molar-refractivity contribution in [2.45, 2.75) is 4.34 Å². The number of benzene rings is 1. The Labute approximate surface area is 103 Å². The van der Waals surface area contributed by atoms with Gasteiger partial charge in [0.1, 0.15) is 0 Å². The van der Waals surface area contributed by atoms with E-state index in [4.69, 9.17) is 5.11 Å². The summed E-state index contributed by atoms with van der Waals surface area (Å²) in [4.78, 5) is 4.09. The molecule has 6 heteroatoms. The van der Waals surface area contributed by atoms with Crippen LogP contribution in [0, 0.1) is 0 Å². The van der Waals surface area contributed by atoms with Crippen molar-refractivity contribution in [3.05, 3.63) is 35.7 Å². The van der Waals surface area contributed by atoms with Gasteiger partial charge in [-0.2, -0.15) is 0 Å². The van der Waals surface area contributed by atoms with Gasteiger partial charge in [-0.1, -0.05) is 30.3 Å². The van der Waals surface area contributed by atoms with Gasteiger partial charge in [-0.25, -0.2) is 13.4 Å². The second-order valence-electron chi connectivity index (χ2n) is 3.41. The Balaban J connectivity index is 2.35. The zero-order valence-corrected chi connectivity index (χ0v) is 10.5. The van der Waals surface area contributed by atoms with Gasteiger partial charge in [0.15, 0.2) is 0 Å². The highest BCUT2D eigenvalue weighted by molar-refractivity contribution is 7.93. The summed E-state index contributed by atoms with van der Waals surface area (Å²) >= 11 is 1.08. The second-order valence-corrected chi connectivity index (χ2v) is 6.55. The topological polar surface area (TPSA) is 67.3 Å². The Hall–Kier alpha value is -1.24. The molecule has 2 rings (SSSR count). The molecule has 1 aromatic heterocycles. The van der Waals surface area contributed by atoms with E-state index in [1.807, 2.05) is 30.3 Å². The molecule has 1 N–H and O–H groups in total. The first-order valence-corrected chi connectivity index (χ1v) is 7.51. The van der Waals surface area contributed by atoms with Gasteiger partial charge in [0.05, 0.1) is 18.1 Å². The van der Waals surface area contributed by atoms with Crippen LogP contribution in [0.3, 0.4) is 0 Å². The van der Waals surface area contributed by atoms with Crippen molar-refractivity contribution < 1.29 is 13.5 Å². The average molecular weight is 269 g/mol. The number of sulfone groups is 1. The molecule has 2 aromatic rings. The van der Waals surface area contributed by atoms with Gasteiger partial charge >= 0.3 is 0 Å². The van der Waals surface area contributed by atoms with E-state index in [9.17, 15) is 8.42 Å². The minimum atomic E-state index is -3.44. The van der Waals surface area contributed by atoms with Crippen LogP contribution in [-0.2, 0) is 9.84 Å². The first-order valence-electron chi connectivity index (χ1n) is 4.98. The molecule has 90 valence electrons. The first-order chi connectivity index (χ1) is 8.13. The van der Waals surface area contributed by atoms with Crippen molar-refractivity contribution in [2.24, 2.45) is 0 Å². The lowest BCUT2D eigenvalue weighted by Crippen LogP contribution is -2.09. The van der Waals surface area contributed by atoms with Crippen LogP contribution in [0.4, 0.5) is 0 Å². The molecule has 0 fully saturated rings. The summed E-state index contributed by atoms with van der Waals surface area (Å²) in [5.74, 6) is -0.283. The van der Waals surface area contributed by atoms with Crippen LogP contribution in [0.5, 0.6) is 0 Å². The summed E-state index contributed by atoms with van der Waals surface area (Å²) in [6.45, 7) is -0.386. The van der Waals surface area contributed by atoms with E-state index < -0.39 is 9.84 Å². The maximum absolute atomic E-state index is 11.7. The van der Waals surface area contributed by atoms with Crippen molar-refractivity contribution in [3.63, 3.8) is 0 Å². The second kappa shape index (κ2) is 4.95. The zero-order chi connectivity index (χ0) is 12.3. The van der Waals surface area contributed by atoms with Crippen molar-refractivity contribution in [2.75, 3.05) is 12.4 Å². The van der Waals surface area contributed by atoms with Gasteiger partial charge < -0.3 is 5.11 Å². The monoisotopic (exact) mass is 269 g/mol. The molecule has 0 bridgehead atoms. The van der Waals surface area contributed by atoms with Crippen LogP contribution < -0.4 is 0 Å². The number of rotatable bonds is 4. The predicted octanol–water partition coefficient (Wildman–Crippen LogP) is 1.58. The molecule has 1 aromatic carbocycles. The van der Waals surface area contributed by atoms with Crippen LogP contribution in [0.1, 0.15) is 0 Å². The molecule has 0 amide bonds. The lowest BCUT2D eigenvalue weighted by molar-refractivity contribution is 0.319. The van der Waals surface area contributed by atoms with Gasteiger partial charge in [0.2, 0.25) is 14.2 Å². The number of nitrogens with zero attached hydrogens (tertiary/aromatic N) is 1. The highest BCUT2D eigenvalue weighted by atomic mass is 32.2. The Morgan fingerprint density at radius 2 is 1.94 bits per heavy atom. The van der Waals surface area contributed by atoms with Crippen molar-refractivity contribution >= 4 is 21.2 Å². The number of aliphatic hydroxyl groups is 1. The van der Waals surface area contributed by atoms with E-state index in [1.165, 1.54) is 0 Å². The van der Waals surface area contributed by atoms with E-state index in [2.05, 4.69) is 4.98 Å². The highest BCUT2D eigenvalue weighted by Crippen LogP contribution is 2.24. The number of aliphatic hydroxyl groups excluding tert-OH is 1. The quantitative estimate of drug-likeness (QED) is 0.915. The molecule has 4 nitrogen and oxygen atoms in total. The Kier molecular flexibility index (Phi) is 3.56. The normalized spacial score (nSPS) is 11.6. The number of hydrogen-bond acceptors (Lipinski definition) is 5. The van der Waals surface area contributed by atoms with Crippen LogP contribution >= 0.6 is 11.3 Å². The molecule has 0 aliphatic carbocycles. The van der Waals surface area contributed by atoms with Crippen molar-refractivity contribution in [3.8, 4) is 11.3 Å². The fraction of sp³-hybridized carbons (Fsp3) is 0.182. The summed E-state index contributed by atoms with van der Waals surface area (Å²) in [7, 11) is -3.44. The summed E-state index contributed by atoms with van der Waals surface area (Å²) in [5, 5.41) is 10.4. The third-order valence-electron chi connectivity index (χ3n) is 2.18. The minimum absolute atomic E-state index is 0.0606. The molecule has 0 spiro atoms. The molecular formula is C11H11NO3S2. The van der Waals surface area contributed by atoms with Crippen molar-refractivity contribution in [1.82, 2.24) is 4.98 Å². The van der Waals surface area contributed by atoms with Gasteiger partial charge in [-0.15, -0.1) is 11.3 Å². The summed E-state index contributed by atoms with van der Waals surface area (Å²) in [6.07, 6.45) is 0. The highest BCUT2D eigenvalue weighted by Gasteiger charge is 2.18. The summed E-state index contributed by atoms with van der Waals surface area (Å²) in [6, 6.07) is 9.38. The van der Waals surface area contributed by atoms with E-state index in [0.717, 1.165) is 16.9 Å². The SMILES string of the molecule is O=S(=O)(CCO)c1nc(-c2ccccc2)cs1. The molecule has 0 aliphatic rings. The first kappa shape index (κ1) is 12.2. The molecule has 17 heavy (non-hydrogen) atoms. The van der Waals surface area contributed by atoms with E-state index >= 15 is 0 Å². The molecule has 0 saturated heterocycles. The van der Waals surface area contributed by atoms with Crippen LogP contribution in [0.25, 0.3) is 11.3 Å². The summed E-state index contributed by atoms with van der Waals surface area (Å²) in [5.41, 5.74) is 1.53. The zero-order valence-electron chi connectivity index (χ0n) is 8.91. The van der Waals surface area contributed by atoms with Gasteiger partial charge in [0, 0.05) is 10.9 Å². The fourth-order valence-corrected chi connectivity index (χ4v) is 3.53.